The van der Waals surface area contributed by atoms with Gasteiger partial charge in [-0.3, -0.25) is 4.79 Å². The standard InChI is InChI=1S/C9H17NO4/c1-4-6-14-9(12)10(3)7-8(11)13-5-2/h4-7H2,1-3H3. The zero-order valence-electron chi connectivity index (χ0n) is 8.91. The molecule has 0 rings (SSSR count). The van der Waals surface area contributed by atoms with Crippen molar-refractivity contribution in [2.24, 2.45) is 0 Å². The summed E-state index contributed by atoms with van der Waals surface area (Å²) < 4.78 is 9.49. The lowest BCUT2D eigenvalue weighted by molar-refractivity contribution is -0.143. The van der Waals surface area contributed by atoms with Crippen LogP contribution in [0.4, 0.5) is 4.79 Å². The van der Waals surface area contributed by atoms with Gasteiger partial charge in [0.25, 0.3) is 0 Å². The molecule has 1 amide bonds. The van der Waals surface area contributed by atoms with Gasteiger partial charge in [-0.25, -0.2) is 4.79 Å². The summed E-state index contributed by atoms with van der Waals surface area (Å²) in [7, 11) is 1.49. The van der Waals surface area contributed by atoms with Gasteiger partial charge in [0.05, 0.1) is 13.2 Å². The van der Waals surface area contributed by atoms with Crippen LogP contribution in [0.25, 0.3) is 0 Å². The molecule has 0 aromatic rings. The van der Waals surface area contributed by atoms with Gasteiger partial charge in [0.1, 0.15) is 6.54 Å². The molecular formula is C9H17NO4. The monoisotopic (exact) mass is 203 g/mol. The number of esters is 1. The zero-order chi connectivity index (χ0) is 11.0. The van der Waals surface area contributed by atoms with Gasteiger partial charge in [-0.05, 0) is 13.3 Å². The van der Waals surface area contributed by atoms with Crippen LogP contribution in [0, 0.1) is 0 Å². The van der Waals surface area contributed by atoms with Gasteiger partial charge in [-0.1, -0.05) is 6.92 Å². The number of nitrogens with zero attached hydrogens (tertiary/aromatic N) is 1. The third-order valence-electron chi connectivity index (χ3n) is 1.41. The van der Waals surface area contributed by atoms with Crippen molar-refractivity contribution < 1.29 is 19.1 Å². The first kappa shape index (κ1) is 12.7. The number of amides is 1. The predicted molar refractivity (Wildman–Crippen MR) is 50.9 cm³/mol. The van der Waals surface area contributed by atoms with Gasteiger partial charge in [0.2, 0.25) is 0 Å². The van der Waals surface area contributed by atoms with Gasteiger partial charge in [0.15, 0.2) is 0 Å². The van der Waals surface area contributed by atoms with Crippen LogP contribution in [-0.4, -0.2) is 43.8 Å². The van der Waals surface area contributed by atoms with Crippen LogP contribution in [0.1, 0.15) is 20.3 Å². The van der Waals surface area contributed by atoms with Crippen molar-refractivity contribution in [1.82, 2.24) is 4.90 Å². The van der Waals surface area contributed by atoms with E-state index in [1.165, 1.54) is 11.9 Å². The number of carbonyl (C=O) groups is 2. The Balaban J connectivity index is 3.76. The molecule has 0 atom stereocenters. The highest BCUT2D eigenvalue weighted by molar-refractivity contribution is 5.77. The summed E-state index contributed by atoms with van der Waals surface area (Å²) in [6.07, 6.45) is 0.263. The third kappa shape index (κ3) is 5.40. The molecule has 0 N–H and O–H groups in total. The van der Waals surface area contributed by atoms with Gasteiger partial charge >= 0.3 is 12.1 Å². The molecular weight excluding hydrogens is 186 g/mol. The van der Waals surface area contributed by atoms with E-state index >= 15 is 0 Å². The Morgan fingerprint density at radius 3 is 2.36 bits per heavy atom. The molecule has 0 aliphatic carbocycles. The van der Waals surface area contributed by atoms with E-state index in [1.54, 1.807) is 6.92 Å². The molecule has 0 aliphatic rings. The molecule has 0 aromatic heterocycles. The maximum atomic E-state index is 11.1. The van der Waals surface area contributed by atoms with Crippen LogP contribution in [0.15, 0.2) is 0 Å². The minimum atomic E-state index is -0.500. The number of likely N-dealkylation sites (N-methyl/N-ethyl adjacent to an activating group) is 1. The van der Waals surface area contributed by atoms with Crippen LogP contribution >= 0.6 is 0 Å². The summed E-state index contributed by atoms with van der Waals surface area (Å²) in [6, 6.07) is 0. The first-order chi connectivity index (χ1) is 6.61. The first-order valence-corrected chi connectivity index (χ1v) is 4.65. The van der Waals surface area contributed by atoms with Gasteiger partial charge < -0.3 is 14.4 Å². The number of carbonyl (C=O) groups excluding carboxylic acids is 2. The van der Waals surface area contributed by atoms with Gasteiger partial charge in [-0.2, -0.15) is 0 Å². The molecule has 0 unspecified atom stereocenters. The molecule has 82 valence electrons. The number of rotatable bonds is 5. The molecule has 0 aromatic carbocycles. The van der Waals surface area contributed by atoms with Crippen molar-refractivity contribution in [2.45, 2.75) is 20.3 Å². The molecule has 0 aliphatic heterocycles. The summed E-state index contributed by atoms with van der Waals surface area (Å²) in [4.78, 5) is 23.3. The average molecular weight is 203 g/mol. The Bertz CT molecular complexity index is 193. The fourth-order valence-electron chi connectivity index (χ4n) is 0.764. The molecule has 5 nitrogen and oxygen atoms in total. The topological polar surface area (TPSA) is 55.8 Å². The maximum Gasteiger partial charge on any atom is 0.410 e. The van der Waals surface area contributed by atoms with E-state index in [4.69, 9.17) is 4.74 Å². The lowest BCUT2D eigenvalue weighted by Gasteiger charge is -2.15. The predicted octanol–water partition coefficient (Wildman–Crippen LogP) is 1.03. The maximum absolute atomic E-state index is 11.1. The van der Waals surface area contributed by atoms with Crippen LogP contribution in [0.2, 0.25) is 0 Å². The Morgan fingerprint density at radius 2 is 1.86 bits per heavy atom. The second-order valence-corrected chi connectivity index (χ2v) is 2.78. The van der Waals surface area contributed by atoms with Crippen LogP contribution in [0.5, 0.6) is 0 Å². The van der Waals surface area contributed by atoms with Crippen molar-refractivity contribution in [3.05, 3.63) is 0 Å². The van der Waals surface area contributed by atoms with E-state index in [1.807, 2.05) is 6.92 Å². The molecule has 5 heteroatoms. The Kier molecular flexibility index (Phi) is 6.53. The fourth-order valence-corrected chi connectivity index (χ4v) is 0.764. The highest BCUT2D eigenvalue weighted by Gasteiger charge is 2.13. The van der Waals surface area contributed by atoms with Crippen molar-refractivity contribution >= 4 is 12.1 Å². The Labute approximate surface area is 84.0 Å². The zero-order valence-corrected chi connectivity index (χ0v) is 8.91. The van der Waals surface area contributed by atoms with E-state index < -0.39 is 12.1 Å². The van der Waals surface area contributed by atoms with Crippen LogP contribution < -0.4 is 0 Å². The van der Waals surface area contributed by atoms with Crippen molar-refractivity contribution in [2.75, 3.05) is 26.8 Å². The SMILES string of the molecule is CCCOC(=O)N(C)CC(=O)OCC. The van der Waals surface area contributed by atoms with E-state index in [0.717, 1.165) is 6.42 Å². The van der Waals surface area contributed by atoms with Crippen LogP contribution in [0.3, 0.4) is 0 Å². The largest absolute Gasteiger partial charge is 0.465 e. The average Bonchev–Trinajstić information content (AvgIpc) is 2.14. The Morgan fingerprint density at radius 1 is 1.21 bits per heavy atom. The van der Waals surface area contributed by atoms with Gasteiger partial charge in [0, 0.05) is 7.05 Å². The summed E-state index contributed by atoms with van der Waals surface area (Å²) >= 11 is 0. The molecule has 0 heterocycles. The summed E-state index contributed by atoms with van der Waals surface area (Å²) in [6.45, 7) is 4.23. The van der Waals surface area contributed by atoms with Crippen molar-refractivity contribution in [1.29, 1.82) is 0 Å². The molecule has 0 fully saturated rings. The number of hydrogen-bond donors (Lipinski definition) is 0. The van der Waals surface area contributed by atoms with E-state index in [-0.39, 0.29) is 6.54 Å². The molecule has 0 bridgehead atoms. The number of ether oxygens (including phenoxy) is 2. The third-order valence-corrected chi connectivity index (χ3v) is 1.41. The Hall–Kier alpha value is -1.26. The number of hydrogen-bond acceptors (Lipinski definition) is 4. The molecule has 0 saturated carbocycles. The highest BCUT2D eigenvalue weighted by atomic mass is 16.6. The molecule has 0 radical (unpaired) electrons. The van der Waals surface area contributed by atoms with Crippen molar-refractivity contribution in [3.63, 3.8) is 0 Å². The van der Waals surface area contributed by atoms with E-state index in [0.29, 0.717) is 13.2 Å². The summed E-state index contributed by atoms with van der Waals surface area (Å²) in [5.74, 6) is -0.427. The van der Waals surface area contributed by atoms with Gasteiger partial charge in [-0.15, -0.1) is 0 Å². The second-order valence-electron chi connectivity index (χ2n) is 2.78. The molecule has 0 saturated heterocycles. The normalized spacial score (nSPS) is 9.36. The molecule has 14 heavy (non-hydrogen) atoms. The summed E-state index contributed by atoms with van der Waals surface area (Å²) in [5.41, 5.74) is 0. The quantitative estimate of drug-likeness (QED) is 0.626. The first-order valence-electron chi connectivity index (χ1n) is 4.65. The van der Waals surface area contributed by atoms with E-state index in [2.05, 4.69) is 4.74 Å². The minimum Gasteiger partial charge on any atom is -0.465 e. The molecule has 0 spiro atoms. The van der Waals surface area contributed by atoms with Crippen LogP contribution in [-0.2, 0) is 14.3 Å². The van der Waals surface area contributed by atoms with Crippen molar-refractivity contribution in [3.8, 4) is 0 Å². The lowest BCUT2D eigenvalue weighted by Crippen LogP contribution is -2.33. The lowest BCUT2D eigenvalue weighted by atomic mass is 10.5. The highest BCUT2D eigenvalue weighted by Crippen LogP contribution is 1.92. The second kappa shape index (κ2) is 7.17. The minimum absolute atomic E-state index is 0.0730. The smallest absolute Gasteiger partial charge is 0.410 e. The summed E-state index contributed by atoms with van der Waals surface area (Å²) in [5, 5.41) is 0. The fraction of sp³-hybridized carbons (Fsp3) is 0.778. The van der Waals surface area contributed by atoms with E-state index in [9.17, 15) is 9.59 Å².